The van der Waals surface area contributed by atoms with Crippen molar-refractivity contribution in [3.8, 4) is 0 Å². The van der Waals surface area contributed by atoms with E-state index in [9.17, 15) is 22.4 Å². The lowest BCUT2D eigenvalue weighted by molar-refractivity contribution is 0.0594. The fourth-order valence-electron chi connectivity index (χ4n) is 4.77. The smallest absolute Gasteiger partial charge is 0.275 e. The lowest BCUT2D eigenvalue weighted by Crippen LogP contribution is -2.49. The molecular weight excluding hydrogens is 445 g/mol. The van der Waals surface area contributed by atoms with Gasteiger partial charge in [-0.1, -0.05) is 18.2 Å². The van der Waals surface area contributed by atoms with Gasteiger partial charge >= 0.3 is 0 Å². The summed E-state index contributed by atoms with van der Waals surface area (Å²) < 4.78 is 42.6. The highest BCUT2D eigenvalue weighted by atomic mass is 32.2. The van der Waals surface area contributed by atoms with Gasteiger partial charge in [-0.25, -0.2) is 12.8 Å². The zero-order valence-corrected chi connectivity index (χ0v) is 18.5. The monoisotopic (exact) mass is 467 g/mol. The molecule has 2 bridgehead atoms. The quantitative estimate of drug-likeness (QED) is 0.639. The number of sulfonamides is 1. The number of rotatable bonds is 4. The van der Waals surface area contributed by atoms with E-state index in [0.29, 0.717) is 25.2 Å². The van der Waals surface area contributed by atoms with Gasteiger partial charge in [-0.3, -0.25) is 14.3 Å². The van der Waals surface area contributed by atoms with Gasteiger partial charge in [-0.05, 0) is 60.9 Å². The van der Waals surface area contributed by atoms with Gasteiger partial charge < -0.3 is 9.47 Å². The van der Waals surface area contributed by atoms with E-state index in [1.807, 2.05) is 0 Å². The number of fused-ring (bicyclic) bond motifs is 4. The Morgan fingerprint density at radius 1 is 0.939 bits per heavy atom. The van der Waals surface area contributed by atoms with Crippen LogP contribution in [0, 0.1) is 11.7 Å². The first-order valence-electron chi connectivity index (χ1n) is 10.7. The van der Waals surface area contributed by atoms with Gasteiger partial charge in [-0.15, -0.1) is 0 Å². The molecule has 170 valence electrons. The van der Waals surface area contributed by atoms with Crippen molar-refractivity contribution in [3.05, 3.63) is 94.2 Å². The van der Waals surface area contributed by atoms with Gasteiger partial charge in [0.2, 0.25) is 0 Å². The SMILES string of the molecule is O=C(c1ccc(F)cc1)N1C[C@@H]2C[C@H](C1)c1ccc(NS(=O)(=O)c3ccccc3)c(=O)n1C2. The number of likely N-dealkylation sites (tertiary alicyclic amines) is 1. The first-order valence-corrected chi connectivity index (χ1v) is 12.2. The minimum Gasteiger partial charge on any atom is -0.338 e. The molecule has 1 saturated heterocycles. The molecule has 0 spiro atoms. The fourth-order valence-corrected chi connectivity index (χ4v) is 5.85. The Kier molecular flexibility index (Phi) is 5.28. The third-order valence-electron chi connectivity index (χ3n) is 6.28. The van der Waals surface area contributed by atoms with E-state index in [1.165, 1.54) is 42.5 Å². The van der Waals surface area contributed by atoms with Crippen LogP contribution in [0.3, 0.4) is 0 Å². The van der Waals surface area contributed by atoms with Gasteiger partial charge in [0.15, 0.2) is 0 Å². The summed E-state index contributed by atoms with van der Waals surface area (Å²) in [5, 5.41) is 0. The molecule has 0 aliphatic carbocycles. The summed E-state index contributed by atoms with van der Waals surface area (Å²) in [5.74, 6) is -0.518. The molecular formula is C24H22FN3O4S. The summed E-state index contributed by atoms with van der Waals surface area (Å²) in [5.41, 5.74) is 0.830. The van der Waals surface area contributed by atoms with Crippen molar-refractivity contribution in [1.29, 1.82) is 0 Å². The van der Waals surface area contributed by atoms with Crippen LogP contribution in [0.5, 0.6) is 0 Å². The number of piperidine rings is 1. The normalized spacial score (nSPS) is 19.6. The number of benzene rings is 2. The molecule has 1 aromatic heterocycles. The van der Waals surface area contributed by atoms with Crippen LogP contribution in [0.25, 0.3) is 0 Å². The van der Waals surface area contributed by atoms with E-state index in [2.05, 4.69) is 4.72 Å². The standard InChI is InChI=1S/C24H22FN3O4S/c25-19-8-6-17(7-9-19)23(29)27-13-16-12-18(15-27)22-11-10-21(24(30)28(22)14-16)26-33(31,32)20-4-2-1-3-5-20/h1-11,16,18,26H,12-15H2/t16-,18+/m0/s1. The van der Waals surface area contributed by atoms with Crippen molar-refractivity contribution in [2.75, 3.05) is 17.8 Å². The topological polar surface area (TPSA) is 88.5 Å². The van der Waals surface area contributed by atoms with Crippen molar-refractivity contribution in [1.82, 2.24) is 9.47 Å². The lowest BCUT2D eigenvalue weighted by Gasteiger charge is -2.43. The predicted octanol–water partition coefficient (Wildman–Crippen LogP) is 3.05. The number of nitrogens with one attached hydrogen (secondary N) is 1. The van der Waals surface area contributed by atoms with Crippen LogP contribution in [0.15, 0.2) is 76.4 Å². The van der Waals surface area contributed by atoms with Crippen LogP contribution < -0.4 is 10.3 Å². The molecule has 2 atom stereocenters. The van der Waals surface area contributed by atoms with Crippen molar-refractivity contribution in [3.63, 3.8) is 0 Å². The molecule has 1 fully saturated rings. The van der Waals surface area contributed by atoms with E-state index in [-0.39, 0.29) is 33.9 Å². The maximum atomic E-state index is 13.2. The van der Waals surface area contributed by atoms with E-state index < -0.39 is 15.8 Å². The molecule has 2 aliphatic heterocycles. The Morgan fingerprint density at radius 2 is 1.67 bits per heavy atom. The minimum atomic E-state index is -3.88. The van der Waals surface area contributed by atoms with Gasteiger partial charge in [0, 0.05) is 36.8 Å². The minimum absolute atomic E-state index is 0.00169. The Labute approximate surface area is 190 Å². The Bertz CT molecular complexity index is 1370. The Morgan fingerprint density at radius 3 is 2.39 bits per heavy atom. The van der Waals surface area contributed by atoms with Gasteiger partial charge in [0.1, 0.15) is 11.5 Å². The second-order valence-electron chi connectivity index (χ2n) is 8.52. The second kappa shape index (κ2) is 8.15. The number of nitrogens with zero attached hydrogens (tertiary/aromatic N) is 2. The number of hydrogen-bond donors (Lipinski definition) is 1. The molecule has 33 heavy (non-hydrogen) atoms. The van der Waals surface area contributed by atoms with Crippen molar-refractivity contribution in [2.24, 2.45) is 5.92 Å². The molecule has 5 rings (SSSR count). The van der Waals surface area contributed by atoms with Crippen molar-refractivity contribution >= 4 is 21.6 Å². The first kappa shape index (κ1) is 21.4. The number of hydrogen-bond acceptors (Lipinski definition) is 4. The summed E-state index contributed by atoms with van der Waals surface area (Å²) in [6.45, 7) is 1.33. The maximum Gasteiger partial charge on any atom is 0.275 e. The molecule has 9 heteroatoms. The van der Waals surface area contributed by atoms with E-state index >= 15 is 0 Å². The number of anilines is 1. The number of carbonyl (C=O) groups is 1. The number of amides is 1. The van der Waals surface area contributed by atoms with Crippen molar-refractivity contribution in [2.45, 2.75) is 23.8 Å². The largest absolute Gasteiger partial charge is 0.338 e. The van der Waals surface area contributed by atoms with Crippen molar-refractivity contribution < 1.29 is 17.6 Å². The molecule has 3 heterocycles. The maximum absolute atomic E-state index is 13.2. The molecule has 7 nitrogen and oxygen atoms in total. The van der Waals surface area contributed by atoms with Crippen LogP contribution in [-0.4, -0.2) is 36.9 Å². The summed E-state index contributed by atoms with van der Waals surface area (Å²) in [4.78, 5) is 27.9. The molecule has 0 unspecified atom stereocenters. The molecule has 1 amide bonds. The molecule has 0 saturated carbocycles. The molecule has 2 aliphatic rings. The van der Waals surface area contributed by atoms with Gasteiger partial charge in [0.25, 0.3) is 21.5 Å². The van der Waals surface area contributed by atoms with Crippen LogP contribution >= 0.6 is 0 Å². The fraction of sp³-hybridized carbons (Fsp3) is 0.250. The van der Waals surface area contributed by atoms with E-state index in [4.69, 9.17) is 0 Å². The Hall–Kier alpha value is -3.46. The lowest BCUT2D eigenvalue weighted by atomic mass is 9.83. The summed E-state index contributed by atoms with van der Waals surface area (Å²) >= 11 is 0. The highest BCUT2D eigenvalue weighted by Crippen LogP contribution is 2.36. The van der Waals surface area contributed by atoms with Crippen LogP contribution in [0.1, 0.15) is 28.4 Å². The Balaban J connectivity index is 1.40. The number of carbonyl (C=O) groups excluding carboxylic acids is 1. The number of aromatic nitrogens is 1. The van der Waals surface area contributed by atoms with Gasteiger partial charge in [0.05, 0.1) is 4.90 Å². The molecule has 1 N–H and O–H groups in total. The van der Waals surface area contributed by atoms with Crippen LogP contribution in [-0.2, 0) is 16.6 Å². The number of halogens is 1. The third-order valence-corrected chi connectivity index (χ3v) is 7.66. The van der Waals surface area contributed by atoms with Gasteiger partial charge in [-0.2, -0.15) is 0 Å². The van der Waals surface area contributed by atoms with Crippen LogP contribution in [0.2, 0.25) is 0 Å². The predicted molar refractivity (Wildman–Crippen MR) is 121 cm³/mol. The zero-order valence-electron chi connectivity index (χ0n) is 17.6. The summed E-state index contributed by atoms with van der Waals surface area (Å²) in [6, 6.07) is 16.6. The highest BCUT2D eigenvalue weighted by molar-refractivity contribution is 7.92. The average molecular weight is 468 g/mol. The average Bonchev–Trinajstić information content (AvgIpc) is 2.81. The highest BCUT2D eigenvalue weighted by Gasteiger charge is 2.37. The molecule has 3 aromatic rings. The summed E-state index contributed by atoms with van der Waals surface area (Å²) in [6.07, 6.45) is 0.849. The molecule has 0 radical (unpaired) electrons. The van der Waals surface area contributed by atoms with E-state index in [1.54, 1.807) is 33.7 Å². The summed E-state index contributed by atoms with van der Waals surface area (Å²) in [7, 11) is -3.88. The molecule has 2 aromatic carbocycles. The third kappa shape index (κ3) is 4.04. The van der Waals surface area contributed by atoms with E-state index in [0.717, 1.165) is 12.1 Å². The van der Waals surface area contributed by atoms with Crippen LogP contribution in [0.4, 0.5) is 10.1 Å². The second-order valence-corrected chi connectivity index (χ2v) is 10.2. The number of pyridine rings is 1. The first-order chi connectivity index (χ1) is 15.8. The zero-order chi connectivity index (χ0) is 23.2.